The van der Waals surface area contributed by atoms with Crippen LogP contribution in [-0.2, 0) is 13.0 Å². The molecule has 4 nitrogen and oxygen atoms in total. The Morgan fingerprint density at radius 2 is 1.82 bits per heavy atom. The maximum Gasteiger partial charge on any atom is 0.176 e. The van der Waals surface area contributed by atoms with Crippen molar-refractivity contribution in [1.82, 2.24) is 10.2 Å². The van der Waals surface area contributed by atoms with Crippen LogP contribution in [0, 0.1) is 0 Å². The predicted molar refractivity (Wildman–Crippen MR) is 115 cm³/mol. The van der Waals surface area contributed by atoms with Gasteiger partial charge in [-0.2, -0.15) is 0 Å². The highest BCUT2D eigenvalue weighted by Crippen LogP contribution is 2.21. The van der Waals surface area contributed by atoms with Crippen LogP contribution in [0.1, 0.15) is 37.8 Å². The van der Waals surface area contributed by atoms with Gasteiger partial charge in [0, 0.05) is 17.6 Å². The van der Waals surface area contributed by atoms with Gasteiger partial charge in [0.05, 0.1) is 0 Å². The third kappa shape index (κ3) is 5.95. The second-order valence-electron chi connectivity index (χ2n) is 7.58. The van der Waals surface area contributed by atoms with E-state index in [4.69, 9.17) is 16.3 Å². The van der Waals surface area contributed by atoms with Crippen molar-refractivity contribution >= 4 is 11.6 Å². The van der Waals surface area contributed by atoms with E-state index >= 15 is 0 Å². The van der Waals surface area contributed by atoms with Crippen molar-refractivity contribution in [3.8, 4) is 5.75 Å². The van der Waals surface area contributed by atoms with Gasteiger partial charge < -0.3 is 9.84 Å². The highest BCUT2D eigenvalue weighted by atomic mass is 35.5. The number of piperidine rings is 1. The number of nitrogens with zero attached hydrogens (tertiary/aromatic N) is 1. The molecule has 3 rings (SSSR count). The van der Waals surface area contributed by atoms with Gasteiger partial charge in [-0.15, -0.1) is 0 Å². The highest BCUT2D eigenvalue weighted by Gasteiger charge is 2.25. The molecule has 2 atom stereocenters. The highest BCUT2D eigenvalue weighted by molar-refractivity contribution is 6.30. The molecule has 5 heteroatoms. The molecule has 2 aromatic carbocycles. The molecule has 1 unspecified atom stereocenters. The molecule has 28 heavy (non-hydrogen) atoms. The average molecular weight is 403 g/mol. The third-order valence-corrected chi connectivity index (χ3v) is 5.60. The Kier molecular flexibility index (Phi) is 7.74. The number of benzene rings is 2. The van der Waals surface area contributed by atoms with Crippen molar-refractivity contribution in [2.45, 2.75) is 58.0 Å². The number of aryl methyl sites for hydroxylation is 1. The van der Waals surface area contributed by atoms with E-state index in [1.165, 1.54) is 5.56 Å². The van der Waals surface area contributed by atoms with Crippen molar-refractivity contribution < 1.29 is 9.84 Å². The van der Waals surface area contributed by atoms with Gasteiger partial charge in [0.1, 0.15) is 11.9 Å². The molecule has 2 N–H and O–H groups in total. The summed E-state index contributed by atoms with van der Waals surface area (Å²) in [6, 6.07) is 16.5. The summed E-state index contributed by atoms with van der Waals surface area (Å²) >= 11 is 5.97. The molecule has 0 saturated carbocycles. The fourth-order valence-corrected chi connectivity index (χ4v) is 3.78. The number of hydrogen-bond acceptors (Lipinski definition) is 4. The molecular formula is C23H31ClN2O2. The first-order valence-corrected chi connectivity index (χ1v) is 10.6. The summed E-state index contributed by atoms with van der Waals surface area (Å²) in [7, 11) is 0. The van der Waals surface area contributed by atoms with E-state index in [2.05, 4.69) is 35.3 Å². The zero-order valence-electron chi connectivity index (χ0n) is 16.8. The maximum atomic E-state index is 10.2. The van der Waals surface area contributed by atoms with Crippen LogP contribution in [0.25, 0.3) is 0 Å². The van der Waals surface area contributed by atoms with Crippen LogP contribution in [0.4, 0.5) is 0 Å². The molecule has 0 amide bonds. The first-order chi connectivity index (χ1) is 13.5. The number of nitrogens with one attached hydrogen (secondary N) is 1. The van der Waals surface area contributed by atoms with Crippen molar-refractivity contribution in [3.05, 3.63) is 64.7 Å². The molecule has 0 aliphatic carbocycles. The monoisotopic (exact) mass is 402 g/mol. The topological polar surface area (TPSA) is 44.7 Å². The van der Waals surface area contributed by atoms with Crippen LogP contribution >= 0.6 is 11.6 Å². The van der Waals surface area contributed by atoms with Gasteiger partial charge in [-0.05, 0) is 68.6 Å². The van der Waals surface area contributed by atoms with Crippen LogP contribution in [0.2, 0.25) is 5.02 Å². The van der Waals surface area contributed by atoms with E-state index < -0.39 is 12.3 Å². The second-order valence-corrected chi connectivity index (χ2v) is 8.02. The molecule has 0 bridgehead atoms. The minimum atomic E-state index is -0.586. The van der Waals surface area contributed by atoms with Gasteiger partial charge >= 0.3 is 0 Å². The normalized spacial score (nSPS) is 18.0. The van der Waals surface area contributed by atoms with Gasteiger partial charge in [-0.3, -0.25) is 10.2 Å². The van der Waals surface area contributed by atoms with Gasteiger partial charge in [0.25, 0.3) is 0 Å². The zero-order valence-corrected chi connectivity index (χ0v) is 17.5. The minimum Gasteiger partial charge on any atom is -0.472 e. The summed E-state index contributed by atoms with van der Waals surface area (Å²) in [5, 5.41) is 14.5. The van der Waals surface area contributed by atoms with Crippen LogP contribution < -0.4 is 10.1 Å². The Morgan fingerprint density at radius 1 is 1.14 bits per heavy atom. The predicted octanol–water partition coefficient (Wildman–Crippen LogP) is 4.24. The fraction of sp³-hybridized carbons (Fsp3) is 0.478. The number of aliphatic hydroxyl groups is 1. The second kappa shape index (κ2) is 10.3. The van der Waals surface area contributed by atoms with Crippen molar-refractivity contribution in [2.75, 3.05) is 13.1 Å². The molecule has 1 fully saturated rings. The Hall–Kier alpha value is -1.59. The molecule has 2 aromatic rings. The van der Waals surface area contributed by atoms with Gasteiger partial charge in [0.15, 0.2) is 6.23 Å². The number of ether oxygens (including phenoxy) is 1. The smallest absolute Gasteiger partial charge is 0.176 e. The lowest BCUT2D eigenvalue weighted by Gasteiger charge is -2.35. The molecule has 1 aliphatic heterocycles. The van der Waals surface area contributed by atoms with Crippen LogP contribution in [0.5, 0.6) is 5.75 Å². The van der Waals surface area contributed by atoms with E-state index in [-0.39, 0.29) is 0 Å². The van der Waals surface area contributed by atoms with Crippen LogP contribution in [-0.4, -0.2) is 41.5 Å². The lowest BCUT2D eigenvalue weighted by molar-refractivity contribution is 0.0119. The summed E-state index contributed by atoms with van der Waals surface area (Å²) in [6.07, 6.45) is 1.99. The first kappa shape index (κ1) is 21.1. The Morgan fingerprint density at radius 3 is 2.46 bits per heavy atom. The van der Waals surface area contributed by atoms with Gasteiger partial charge in [-0.1, -0.05) is 48.9 Å². The third-order valence-electron chi connectivity index (χ3n) is 5.35. The molecule has 1 saturated heterocycles. The summed E-state index contributed by atoms with van der Waals surface area (Å²) < 4.78 is 6.15. The summed E-state index contributed by atoms with van der Waals surface area (Å²) in [6.45, 7) is 6.89. The molecular weight excluding hydrogens is 372 g/mol. The lowest BCUT2D eigenvalue weighted by Crippen LogP contribution is -2.51. The minimum absolute atomic E-state index is 0.342. The molecule has 1 aliphatic rings. The van der Waals surface area contributed by atoms with E-state index in [0.29, 0.717) is 6.04 Å². The lowest BCUT2D eigenvalue weighted by atomic mass is 10.0. The Labute approximate surface area is 173 Å². The number of rotatable bonds is 8. The standard InChI is InChI=1S/C23H31ClN2O2/c1-3-19-6-4-5-7-22(19)28-23(17(2)27)25-21-12-14-26(15-13-21)16-18-8-10-20(24)11-9-18/h4-11,17,21,23,25,27H,3,12-16H2,1-2H3/t17-,23?/m0/s1. The Bertz CT molecular complexity index is 728. The number of hydrogen-bond donors (Lipinski definition) is 2. The van der Waals surface area contributed by atoms with E-state index in [1.807, 2.05) is 30.3 Å². The SMILES string of the molecule is CCc1ccccc1OC(NC1CCN(Cc2ccc(Cl)cc2)CC1)[C@H](C)O. The number of para-hydroxylation sites is 1. The van der Waals surface area contributed by atoms with E-state index in [0.717, 1.165) is 55.2 Å². The van der Waals surface area contributed by atoms with Crippen molar-refractivity contribution in [2.24, 2.45) is 0 Å². The van der Waals surface area contributed by atoms with Crippen molar-refractivity contribution in [1.29, 1.82) is 0 Å². The summed E-state index contributed by atoms with van der Waals surface area (Å²) in [5.74, 6) is 0.851. The number of aliphatic hydroxyl groups excluding tert-OH is 1. The molecule has 0 aromatic heterocycles. The number of halogens is 1. The molecule has 0 radical (unpaired) electrons. The quantitative estimate of drug-likeness (QED) is 0.648. The van der Waals surface area contributed by atoms with Gasteiger partial charge in [-0.25, -0.2) is 0 Å². The average Bonchev–Trinajstić information content (AvgIpc) is 2.71. The van der Waals surface area contributed by atoms with Crippen LogP contribution in [0.15, 0.2) is 48.5 Å². The largest absolute Gasteiger partial charge is 0.472 e. The van der Waals surface area contributed by atoms with Gasteiger partial charge in [0.2, 0.25) is 0 Å². The van der Waals surface area contributed by atoms with E-state index in [1.54, 1.807) is 6.92 Å². The molecule has 0 spiro atoms. The fourth-order valence-electron chi connectivity index (χ4n) is 3.66. The van der Waals surface area contributed by atoms with E-state index in [9.17, 15) is 5.11 Å². The number of likely N-dealkylation sites (tertiary alicyclic amines) is 1. The maximum absolute atomic E-state index is 10.2. The first-order valence-electron chi connectivity index (χ1n) is 10.2. The molecule has 152 valence electrons. The molecule has 1 heterocycles. The Balaban J connectivity index is 1.52. The summed E-state index contributed by atoms with van der Waals surface area (Å²) in [5.41, 5.74) is 2.45. The zero-order chi connectivity index (χ0) is 19.9. The van der Waals surface area contributed by atoms with Crippen LogP contribution in [0.3, 0.4) is 0 Å². The summed E-state index contributed by atoms with van der Waals surface area (Å²) in [4.78, 5) is 2.46. The van der Waals surface area contributed by atoms with Crippen molar-refractivity contribution in [3.63, 3.8) is 0 Å².